The largest absolute Gasteiger partial charge is 0.490 e. The first-order chi connectivity index (χ1) is 9.15. The van der Waals surface area contributed by atoms with Crippen LogP contribution in [0.3, 0.4) is 0 Å². The molecule has 19 heavy (non-hydrogen) atoms. The lowest BCUT2D eigenvalue weighted by Crippen LogP contribution is -2.11. The van der Waals surface area contributed by atoms with Crippen LogP contribution in [0.2, 0.25) is 10.0 Å². The summed E-state index contributed by atoms with van der Waals surface area (Å²) in [7, 11) is 0. The van der Waals surface area contributed by atoms with E-state index < -0.39 is 0 Å². The fraction of sp³-hybridized carbons (Fsp3) is 0.143. The van der Waals surface area contributed by atoms with Crippen LogP contribution in [0.5, 0.6) is 5.75 Å². The minimum Gasteiger partial charge on any atom is -0.490 e. The Labute approximate surface area is 130 Å². The molecule has 2 nitrogen and oxygen atoms in total. The van der Waals surface area contributed by atoms with E-state index >= 15 is 0 Å². The van der Waals surface area contributed by atoms with Crippen molar-refractivity contribution in [1.29, 1.82) is 0 Å². The number of hydrogen-bond acceptors (Lipinski definition) is 2. The summed E-state index contributed by atoms with van der Waals surface area (Å²) in [6.45, 7) is 1.19. The van der Waals surface area contributed by atoms with E-state index in [1.165, 1.54) is 0 Å². The van der Waals surface area contributed by atoms with Gasteiger partial charge in [0.05, 0.1) is 5.02 Å². The van der Waals surface area contributed by atoms with Crippen LogP contribution in [-0.4, -0.2) is 13.2 Å². The molecule has 0 saturated heterocycles. The Kier molecular flexibility index (Phi) is 5.37. The van der Waals surface area contributed by atoms with Crippen LogP contribution < -0.4 is 10.1 Å². The van der Waals surface area contributed by atoms with Crippen molar-refractivity contribution in [2.24, 2.45) is 0 Å². The van der Waals surface area contributed by atoms with Gasteiger partial charge >= 0.3 is 0 Å². The van der Waals surface area contributed by atoms with Gasteiger partial charge in [-0.15, -0.1) is 0 Å². The predicted molar refractivity (Wildman–Crippen MR) is 84.6 cm³/mol. The summed E-state index contributed by atoms with van der Waals surface area (Å²) >= 11 is 15.3. The van der Waals surface area contributed by atoms with Crippen molar-refractivity contribution in [2.75, 3.05) is 18.5 Å². The Bertz CT molecular complexity index is 563. The fourth-order valence-corrected chi connectivity index (χ4v) is 2.28. The number of hydrogen-bond donors (Lipinski definition) is 1. The van der Waals surface area contributed by atoms with Crippen molar-refractivity contribution in [3.63, 3.8) is 0 Å². The lowest BCUT2D eigenvalue weighted by atomic mass is 10.3. The second-order valence-corrected chi connectivity index (χ2v) is 5.62. The monoisotopic (exact) mass is 359 g/mol. The van der Waals surface area contributed by atoms with Gasteiger partial charge in [0.2, 0.25) is 0 Å². The van der Waals surface area contributed by atoms with Crippen molar-refractivity contribution < 1.29 is 4.74 Å². The molecule has 0 bridgehead atoms. The molecule has 0 amide bonds. The molecule has 0 fully saturated rings. The number of halogens is 3. The minimum atomic E-state index is 0.507. The van der Waals surface area contributed by atoms with Gasteiger partial charge in [-0.2, -0.15) is 0 Å². The molecule has 5 heteroatoms. The smallest absolute Gasteiger partial charge is 0.139 e. The molecule has 0 aliphatic heterocycles. The summed E-state index contributed by atoms with van der Waals surface area (Å²) in [5, 5.41) is 4.43. The molecule has 0 saturated carbocycles. The molecule has 0 aromatic heterocycles. The van der Waals surface area contributed by atoms with Gasteiger partial charge in [-0.1, -0.05) is 45.2 Å². The molecular weight excluding hydrogens is 349 g/mol. The van der Waals surface area contributed by atoms with Crippen LogP contribution in [0.4, 0.5) is 5.69 Å². The van der Waals surface area contributed by atoms with Gasteiger partial charge in [0.15, 0.2) is 0 Å². The summed E-state index contributed by atoms with van der Waals surface area (Å²) in [5.41, 5.74) is 1.04. The molecule has 0 aliphatic carbocycles. The van der Waals surface area contributed by atoms with Gasteiger partial charge in [0.1, 0.15) is 12.4 Å². The summed E-state index contributed by atoms with van der Waals surface area (Å²) in [4.78, 5) is 0. The first-order valence-corrected chi connectivity index (χ1v) is 7.27. The van der Waals surface area contributed by atoms with Gasteiger partial charge in [0.25, 0.3) is 0 Å². The maximum absolute atomic E-state index is 6.00. The first-order valence-electron chi connectivity index (χ1n) is 5.72. The number of nitrogens with one attached hydrogen (secondary N) is 1. The summed E-state index contributed by atoms with van der Waals surface area (Å²) in [6, 6.07) is 13.1. The van der Waals surface area contributed by atoms with Crippen molar-refractivity contribution in [1.82, 2.24) is 0 Å². The van der Waals surface area contributed by atoms with Gasteiger partial charge in [-0.3, -0.25) is 0 Å². The van der Waals surface area contributed by atoms with E-state index in [0.717, 1.165) is 10.2 Å². The molecule has 0 spiro atoms. The van der Waals surface area contributed by atoms with Crippen LogP contribution in [0.25, 0.3) is 0 Å². The molecule has 1 N–H and O–H groups in total. The Hall–Kier alpha value is -0.900. The fourth-order valence-electron chi connectivity index (χ4n) is 1.54. The lowest BCUT2D eigenvalue weighted by molar-refractivity contribution is 0.333. The minimum absolute atomic E-state index is 0.507. The molecule has 2 rings (SSSR count). The van der Waals surface area contributed by atoms with Crippen molar-refractivity contribution in [2.45, 2.75) is 0 Å². The first kappa shape index (κ1) is 14.5. The molecule has 2 aromatic rings. The third-order valence-corrected chi connectivity index (χ3v) is 3.45. The molecule has 0 aliphatic rings. The van der Waals surface area contributed by atoms with Gasteiger partial charge in [-0.25, -0.2) is 0 Å². The van der Waals surface area contributed by atoms with E-state index in [9.17, 15) is 0 Å². The Morgan fingerprint density at radius 3 is 2.74 bits per heavy atom. The summed E-state index contributed by atoms with van der Waals surface area (Å²) in [5.74, 6) is 0.602. The van der Waals surface area contributed by atoms with E-state index in [0.29, 0.717) is 28.9 Å². The van der Waals surface area contributed by atoms with Crippen LogP contribution in [-0.2, 0) is 0 Å². The normalized spacial score (nSPS) is 10.3. The van der Waals surface area contributed by atoms with Crippen LogP contribution in [0, 0.1) is 0 Å². The van der Waals surface area contributed by atoms with E-state index in [2.05, 4.69) is 21.2 Å². The lowest BCUT2D eigenvalue weighted by Gasteiger charge is -2.10. The number of benzene rings is 2. The van der Waals surface area contributed by atoms with E-state index in [1.54, 1.807) is 18.2 Å². The van der Waals surface area contributed by atoms with Crippen LogP contribution in [0.15, 0.2) is 46.9 Å². The van der Waals surface area contributed by atoms with Crippen molar-refractivity contribution in [3.8, 4) is 5.75 Å². The third-order valence-electron chi connectivity index (χ3n) is 2.41. The number of anilines is 1. The standard InChI is InChI=1S/C14H12BrCl2NO/c15-10-2-1-3-12(8-10)18-6-7-19-14-9-11(16)4-5-13(14)17/h1-5,8-9,18H,6-7H2. The SMILES string of the molecule is Clc1ccc(Cl)c(OCCNc2cccc(Br)c2)c1. The number of rotatable bonds is 5. The molecule has 2 aromatic carbocycles. The summed E-state index contributed by atoms with van der Waals surface area (Å²) in [6.07, 6.45) is 0. The zero-order chi connectivity index (χ0) is 13.7. The van der Waals surface area contributed by atoms with Crippen molar-refractivity contribution in [3.05, 3.63) is 57.0 Å². The molecule has 0 heterocycles. The Morgan fingerprint density at radius 1 is 1.11 bits per heavy atom. The molecule has 0 atom stereocenters. The maximum atomic E-state index is 6.00. The quantitative estimate of drug-likeness (QED) is 0.735. The molecule has 100 valence electrons. The van der Waals surface area contributed by atoms with Crippen LogP contribution >= 0.6 is 39.1 Å². The molecule has 0 radical (unpaired) electrons. The number of ether oxygens (including phenoxy) is 1. The molecular formula is C14H12BrCl2NO. The highest BCUT2D eigenvalue weighted by atomic mass is 79.9. The molecule has 0 unspecified atom stereocenters. The van der Waals surface area contributed by atoms with E-state index in [-0.39, 0.29) is 0 Å². The van der Waals surface area contributed by atoms with Gasteiger partial charge < -0.3 is 10.1 Å². The second kappa shape index (κ2) is 7.04. The highest BCUT2D eigenvalue weighted by Crippen LogP contribution is 2.27. The van der Waals surface area contributed by atoms with Crippen LogP contribution in [0.1, 0.15) is 0 Å². The van der Waals surface area contributed by atoms with Gasteiger partial charge in [0, 0.05) is 27.8 Å². The zero-order valence-electron chi connectivity index (χ0n) is 10.00. The van der Waals surface area contributed by atoms with E-state index in [1.807, 2.05) is 24.3 Å². The highest BCUT2D eigenvalue weighted by Gasteiger charge is 2.02. The average Bonchev–Trinajstić information content (AvgIpc) is 2.39. The van der Waals surface area contributed by atoms with Crippen molar-refractivity contribution >= 4 is 44.8 Å². The zero-order valence-corrected chi connectivity index (χ0v) is 13.1. The highest BCUT2D eigenvalue weighted by molar-refractivity contribution is 9.10. The third kappa shape index (κ3) is 4.60. The second-order valence-electron chi connectivity index (χ2n) is 3.86. The maximum Gasteiger partial charge on any atom is 0.139 e. The summed E-state index contributed by atoms with van der Waals surface area (Å²) < 4.78 is 6.62. The van der Waals surface area contributed by atoms with Gasteiger partial charge in [-0.05, 0) is 30.3 Å². The Morgan fingerprint density at radius 2 is 1.95 bits per heavy atom. The Balaban J connectivity index is 1.82. The van der Waals surface area contributed by atoms with E-state index in [4.69, 9.17) is 27.9 Å². The predicted octanol–water partition coefficient (Wildman–Crippen LogP) is 5.25. The average molecular weight is 361 g/mol. The topological polar surface area (TPSA) is 21.3 Å².